The van der Waals surface area contributed by atoms with Crippen LogP contribution in [-0.2, 0) is 13.0 Å². The second kappa shape index (κ2) is 7.43. The van der Waals surface area contributed by atoms with E-state index in [0.29, 0.717) is 13.1 Å². The third-order valence-corrected chi connectivity index (χ3v) is 3.38. The van der Waals surface area contributed by atoms with E-state index in [2.05, 4.69) is 23.3 Å². The average molecular weight is 283 g/mol. The summed E-state index contributed by atoms with van der Waals surface area (Å²) in [4.78, 5) is 18.1. The molecule has 21 heavy (non-hydrogen) atoms. The van der Waals surface area contributed by atoms with E-state index in [-0.39, 0.29) is 6.03 Å². The Balaban J connectivity index is 2.02. The lowest BCUT2D eigenvalue weighted by molar-refractivity contribution is 0.212. The molecule has 0 fully saturated rings. The van der Waals surface area contributed by atoms with Gasteiger partial charge in [-0.2, -0.15) is 0 Å². The smallest absolute Gasteiger partial charge is 0.320 e. The lowest BCUT2D eigenvalue weighted by atomic mass is 10.1. The molecule has 1 aromatic heterocycles. The molecule has 2 amide bonds. The minimum absolute atomic E-state index is 0.0810. The maximum atomic E-state index is 12.3. The first kappa shape index (κ1) is 15.0. The highest BCUT2D eigenvalue weighted by molar-refractivity contribution is 5.89. The number of urea groups is 1. The lowest BCUT2D eigenvalue weighted by Gasteiger charge is -2.21. The van der Waals surface area contributed by atoms with E-state index in [9.17, 15) is 4.79 Å². The first-order valence-corrected chi connectivity index (χ1v) is 7.26. The molecule has 1 aromatic carbocycles. The SMILES string of the molecule is CCc1cccc(NC(=O)N(CC)Cc2ccncc2)c1. The summed E-state index contributed by atoms with van der Waals surface area (Å²) in [6.45, 7) is 5.31. The van der Waals surface area contributed by atoms with E-state index in [0.717, 1.165) is 17.7 Å². The molecule has 0 spiro atoms. The van der Waals surface area contributed by atoms with E-state index in [1.807, 2.05) is 37.3 Å². The highest BCUT2D eigenvalue weighted by Crippen LogP contribution is 2.13. The van der Waals surface area contributed by atoms with Crippen molar-refractivity contribution >= 4 is 11.7 Å². The zero-order valence-electron chi connectivity index (χ0n) is 12.5. The topological polar surface area (TPSA) is 45.2 Å². The van der Waals surface area contributed by atoms with Crippen molar-refractivity contribution in [3.05, 3.63) is 59.9 Å². The molecule has 4 heteroatoms. The molecule has 0 saturated carbocycles. The van der Waals surface area contributed by atoms with Gasteiger partial charge in [0.05, 0.1) is 0 Å². The summed E-state index contributed by atoms with van der Waals surface area (Å²) in [5.74, 6) is 0. The van der Waals surface area contributed by atoms with Crippen LogP contribution in [0.2, 0.25) is 0 Å². The highest BCUT2D eigenvalue weighted by atomic mass is 16.2. The Hall–Kier alpha value is -2.36. The quantitative estimate of drug-likeness (QED) is 0.909. The Kier molecular flexibility index (Phi) is 5.32. The number of carbonyl (C=O) groups excluding carboxylic acids is 1. The Morgan fingerprint density at radius 1 is 1.14 bits per heavy atom. The molecule has 0 aliphatic carbocycles. The van der Waals surface area contributed by atoms with E-state index < -0.39 is 0 Å². The molecule has 1 heterocycles. The second-order valence-corrected chi connectivity index (χ2v) is 4.85. The summed E-state index contributed by atoms with van der Waals surface area (Å²) in [7, 11) is 0. The van der Waals surface area contributed by atoms with Gasteiger partial charge < -0.3 is 10.2 Å². The molecule has 0 atom stereocenters. The van der Waals surface area contributed by atoms with Crippen LogP contribution in [0.1, 0.15) is 25.0 Å². The number of amides is 2. The number of rotatable bonds is 5. The number of anilines is 1. The van der Waals surface area contributed by atoms with Gasteiger partial charge in [0.15, 0.2) is 0 Å². The maximum absolute atomic E-state index is 12.3. The van der Waals surface area contributed by atoms with Gasteiger partial charge in [-0.1, -0.05) is 19.1 Å². The van der Waals surface area contributed by atoms with Gasteiger partial charge in [-0.05, 0) is 48.7 Å². The van der Waals surface area contributed by atoms with Gasteiger partial charge >= 0.3 is 6.03 Å². The summed E-state index contributed by atoms with van der Waals surface area (Å²) >= 11 is 0. The molecule has 0 aliphatic heterocycles. The Morgan fingerprint density at radius 3 is 2.57 bits per heavy atom. The van der Waals surface area contributed by atoms with Gasteiger partial charge in [0, 0.05) is 31.2 Å². The third-order valence-electron chi connectivity index (χ3n) is 3.38. The predicted molar refractivity (Wildman–Crippen MR) is 85.2 cm³/mol. The van der Waals surface area contributed by atoms with Gasteiger partial charge in [0.25, 0.3) is 0 Å². The molecule has 2 rings (SSSR count). The molecule has 0 bridgehead atoms. The van der Waals surface area contributed by atoms with Crippen LogP contribution in [0.3, 0.4) is 0 Å². The zero-order chi connectivity index (χ0) is 15.1. The summed E-state index contributed by atoms with van der Waals surface area (Å²) in [5.41, 5.74) is 3.13. The zero-order valence-corrected chi connectivity index (χ0v) is 12.5. The minimum Gasteiger partial charge on any atom is -0.320 e. The molecule has 0 aliphatic rings. The molecule has 110 valence electrons. The van der Waals surface area contributed by atoms with Gasteiger partial charge in [-0.15, -0.1) is 0 Å². The van der Waals surface area contributed by atoms with Crippen molar-refractivity contribution in [1.29, 1.82) is 0 Å². The lowest BCUT2D eigenvalue weighted by Crippen LogP contribution is -2.34. The van der Waals surface area contributed by atoms with Crippen LogP contribution in [0, 0.1) is 0 Å². The van der Waals surface area contributed by atoms with E-state index in [1.54, 1.807) is 17.3 Å². The number of aryl methyl sites for hydroxylation is 1. The summed E-state index contributed by atoms with van der Waals surface area (Å²) in [6.07, 6.45) is 4.44. The predicted octanol–water partition coefficient (Wildman–Crippen LogP) is 3.70. The van der Waals surface area contributed by atoms with Crippen molar-refractivity contribution in [3.8, 4) is 0 Å². The first-order valence-electron chi connectivity index (χ1n) is 7.26. The van der Waals surface area contributed by atoms with Crippen molar-refractivity contribution in [1.82, 2.24) is 9.88 Å². The highest BCUT2D eigenvalue weighted by Gasteiger charge is 2.12. The molecule has 0 unspecified atom stereocenters. The summed E-state index contributed by atoms with van der Waals surface area (Å²) < 4.78 is 0. The standard InChI is InChI=1S/C17H21N3O/c1-3-14-6-5-7-16(12-14)19-17(21)20(4-2)13-15-8-10-18-11-9-15/h5-12H,3-4,13H2,1-2H3,(H,19,21). The minimum atomic E-state index is -0.0810. The van der Waals surface area contributed by atoms with E-state index in [1.165, 1.54) is 5.56 Å². The number of aromatic nitrogens is 1. The van der Waals surface area contributed by atoms with Gasteiger partial charge in [0.1, 0.15) is 0 Å². The van der Waals surface area contributed by atoms with Crippen LogP contribution in [0.4, 0.5) is 10.5 Å². The normalized spacial score (nSPS) is 10.2. The Labute approximate surface area is 125 Å². The number of hydrogen-bond acceptors (Lipinski definition) is 2. The molecule has 0 radical (unpaired) electrons. The molecule has 4 nitrogen and oxygen atoms in total. The molecular formula is C17H21N3O. The van der Waals surface area contributed by atoms with Gasteiger partial charge in [0.2, 0.25) is 0 Å². The first-order chi connectivity index (χ1) is 10.2. The maximum Gasteiger partial charge on any atom is 0.322 e. The van der Waals surface area contributed by atoms with Crippen LogP contribution in [-0.4, -0.2) is 22.5 Å². The van der Waals surface area contributed by atoms with Crippen LogP contribution >= 0.6 is 0 Å². The van der Waals surface area contributed by atoms with Gasteiger partial charge in [-0.3, -0.25) is 4.98 Å². The van der Waals surface area contributed by atoms with Crippen LogP contribution in [0.5, 0.6) is 0 Å². The second-order valence-electron chi connectivity index (χ2n) is 4.85. The molecule has 0 saturated heterocycles. The van der Waals surface area contributed by atoms with Crippen molar-refractivity contribution < 1.29 is 4.79 Å². The molecule has 1 N–H and O–H groups in total. The van der Waals surface area contributed by atoms with E-state index in [4.69, 9.17) is 0 Å². The third kappa shape index (κ3) is 4.31. The van der Waals surface area contributed by atoms with Crippen molar-refractivity contribution in [3.63, 3.8) is 0 Å². The summed E-state index contributed by atoms with van der Waals surface area (Å²) in [6, 6.07) is 11.7. The monoisotopic (exact) mass is 283 g/mol. The number of benzene rings is 1. The van der Waals surface area contributed by atoms with Crippen molar-refractivity contribution in [2.45, 2.75) is 26.8 Å². The van der Waals surface area contributed by atoms with Gasteiger partial charge in [-0.25, -0.2) is 4.79 Å². The Bertz CT molecular complexity index is 584. The number of nitrogens with one attached hydrogen (secondary N) is 1. The van der Waals surface area contributed by atoms with Crippen molar-refractivity contribution in [2.24, 2.45) is 0 Å². The van der Waals surface area contributed by atoms with Crippen LogP contribution < -0.4 is 5.32 Å². The van der Waals surface area contributed by atoms with E-state index >= 15 is 0 Å². The fourth-order valence-electron chi connectivity index (χ4n) is 2.11. The average Bonchev–Trinajstić information content (AvgIpc) is 2.53. The molecule has 2 aromatic rings. The number of pyridine rings is 1. The fourth-order valence-corrected chi connectivity index (χ4v) is 2.11. The summed E-state index contributed by atoms with van der Waals surface area (Å²) in [5, 5.41) is 2.96. The van der Waals surface area contributed by atoms with Crippen LogP contribution in [0.25, 0.3) is 0 Å². The van der Waals surface area contributed by atoms with Crippen LogP contribution in [0.15, 0.2) is 48.8 Å². The number of nitrogens with zero attached hydrogens (tertiary/aromatic N) is 2. The Morgan fingerprint density at radius 2 is 1.90 bits per heavy atom. The molecular weight excluding hydrogens is 262 g/mol. The largest absolute Gasteiger partial charge is 0.322 e. The van der Waals surface area contributed by atoms with Crippen molar-refractivity contribution in [2.75, 3.05) is 11.9 Å². The fraction of sp³-hybridized carbons (Fsp3) is 0.294. The number of carbonyl (C=O) groups is 1. The number of hydrogen-bond donors (Lipinski definition) is 1.